The maximum atomic E-state index is 2.20. The van der Waals surface area contributed by atoms with Crippen molar-refractivity contribution in [2.24, 2.45) is 0 Å². The summed E-state index contributed by atoms with van der Waals surface area (Å²) in [5, 5.41) is 6.22. The van der Waals surface area contributed by atoms with Crippen LogP contribution in [0.3, 0.4) is 0 Å². The van der Waals surface area contributed by atoms with Crippen molar-refractivity contribution < 1.29 is 0 Å². The molecule has 0 aliphatic heterocycles. The summed E-state index contributed by atoms with van der Waals surface area (Å²) >= 11 is 1.80. The number of thiophene rings is 1. The second kappa shape index (κ2) is 3.64. The molecule has 0 bridgehead atoms. The van der Waals surface area contributed by atoms with Crippen LogP contribution in [0.25, 0.3) is 20.9 Å². The molecule has 0 fully saturated rings. The van der Waals surface area contributed by atoms with Crippen LogP contribution in [-0.2, 0) is 0 Å². The van der Waals surface area contributed by atoms with E-state index in [-0.39, 0.29) is 13.5 Å². The van der Waals surface area contributed by atoms with Gasteiger partial charge in [0, 0.05) is 23.6 Å². The van der Waals surface area contributed by atoms with E-state index in [0.717, 1.165) is 0 Å². The molecule has 0 N–H and O–H groups in total. The predicted octanol–water partition coefficient (Wildman–Crippen LogP) is 4.70. The van der Waals surface area contributed by atoms with Crippen LogP contribution >= 0.6 is 24.8 Å². The van der Waals surface area contributed by atoms with E-state index in [2.05, 4.69) is 47.8 Å². The molecule has 0 atom stereocenters. The maximum absolute atomic E-state index is 2.20. The first kappa shape index (κ1) is 9.56. The molecule has 0 amide bonds. The summed E-state index contributed by atoms with van der Waals surface area (Å²) in [7, 11) is 0. The lowest BCUT2D eigenvalue weighted by Gasteiger charge is -1.97. The lowest BCUT2D eigenvalue weighted by molar-refractivity contribution is 1.81. The van der Waals surface area contributed by atoms with Gasteiger partial charge < -0.3 is 0 Å². The van der Waals surface area contributed by atoms with E-state index in [1.165, 1.54) is 20.9 Å². The molecule has 2 aromatic carbocycles. The summed E-state index contributed by atoms with van der Waals surface area (Å²) in [5.74, 6) is 0. The van der Waals surface area contributed by atoms with Gasteiger partial charge >= 0.3 is 0 Å². The highest BCUT2D eigenvalue weighted by Gasteiger charge is 1.98. The van der Waals surface area contributed by atoms with Crippen LogP contribution in [0.4, 0.5) is 0 Å². The van der Waals surface area contributed by atoms with Gasteiger partial charge in [0.15, 0.2) is 0 Å². The molecule has 14 heavy (non-hydrogen) atoms. The second-order valence-corrected chi connectivity index (χ2v) is 4.07. The van der Waals surface area contributed by atoms with Gasteiger partial charge in [0.1, 0.15) is 0 Å². The Bertz CT molecular complexity index is 566. The minimum absolute atomic E-state index is 0. The Morgan fingerprint density at radius 2 is 1.64 bits per heavy atom. The quantitative estimate of drug-likeness (QED) is 0.511. The molecular formula is C12H8S2. The van der Waals surface area contributed by atoms with E-state index < -0.39 is 0 Å². The first-order valence-corrected chi connectivity index (χ1v) is 5.18. The van der Waals surface area contributed by atoms with E-state index in [9.17, 15) is 0 Å². The van der Waals surface area contributed by atoms with Gasteiger partial charge in [0.25, 0.3) is 0 Å². The molecule has 0 nitrogen and oxygen atoms in total. The second-order valence-electron chi connectivity index (χ2n) is 3.12. The summed E-state index contributed by atoms with van der Waals surface area (Å²) in [5.41, 5.74) is 0. The van der Waals surface area contributed by atoms with Crippen LogP contribution in [0.1, 0.15) is 0 Å². The van der Waals surface area contributed by atoms with E-state index >= 15 is 0 Å². The van der Waals surface area contributed by atoms with Gasteiger partial charge in [0.05, 0.1) is 0 Å². The smallest absolute Gasteiger partial charge is 0.0349 e. The zero-order valence-electron chi connectivity index (χ0n) is 7.44. The fraction of sp³-hybridized carbons (Fsp3) is 0. The number of rotatable bonds is 0. The van der Waals surface area contributed by atoms with Crippen molar-refractivity contribution in [2.75, 3.05) is 0 Å². The van der Waals surface area contributed by atoms with E-state index in [0.29, 0.717) is 0 Å². The fourth-order valence-electron chi connectivity index (χ4n) is 1.73. The lowest BCUT2D eigenvalue weighted by atomic mass is 10.1. The van der Waals surface area contributed by atoms with Gasteiger partial charge in [-0.15, -0.1) is 11.3 Å². The number of fused-ring (bicyclic) bond motifs is 3. The Morgan fingerprint density at radius 3 is 2.57 bits per heavy atom. The summed E-state index contributed by atoms with van der Waals surface area (Å²) in [6.45, 7) is 0. The van der Waals surface area contributed by atoms with Crippen LogP contribution in [0, 0.1) is 0 Å². The Morgan fingerprint density at radius 1 is 0.786 bits per heavy atom. The van der Waals surface area contributed by atoms with Gasteiger partial charge in [-0.1, -0.05) is 30.3 Å². The monoisotopic (exact) mass is 216 g/mol. The molecule has 1 heterocycles. The molecule has 0 saturated heterocycles. The Labute approximate surface area is 93.6 Å². The van der Waals surface area contributed by atoms with Crippen LogP contribution in [0.5, 0.6) is 0 Å². The third kappa shape index (κ3) is 1.31. The van der Waals surface area contributed by atoms with Crippen LogP contribution in [-0.4, -0.2) is 0 Å². The van der Waals surface area contributed by atoms with Crippen molar-refractivity contribution in [3.05, 3.63) is 47.8 Å². The molecule has 3 rings (SSSR count). The fourth-order valence-corrected chi connectivity index (χ4v) is 2.53. The standard InChI is InChI=1S/C12H8S.S/c1-2-4-10-9(3-1)5-6-12-11(10)7-8-13-12;/h1-8H;. The van der Waals surface area contributed by atoms with Gasteiger partial charge in [-0.2, -0.15) is 0 Å². The molecule has 1 aromatic heterocycles. The van der Waals surface area contributed by atoms with Crippen molar-refractivity contribution >= 4 is 45.7 Å². The van der Waals surface area contributed by atoms with Crippen molar-refractivity contribution in [3.8, 4) is 0 Å². The summed E-state index contributed by atoms with van der Waals surface area (Å²) in [6.07, 6.45) is 0. The third-order valence-electron chi connectivity index (χ3n) is 2.36. The number of hydrogen-bond donors (Lipinski definition) is 0. The van der Waals surface area contributed by atoms with Crippen LogP contribution < -0.4 is 0 Å². The van der Waals surface area contributed by atoms with E-state index in [4.69, 9.17) is 0 Å². The molecule has 2 radical (unpaired) electrons. The highest BCUT2D eigenvalue weighted by atomic mass is 32.1. The van der Waals surface area contributed by atoms with Gasteiger partial charge in [0.2, 0.25) is 0 Å². The van der Waals surface area contributed by atoms with E-state index in [1.54, 1.807) is 11.3 Å². The summed E-state index contributed by atoms with van der Waals surface area (Å²) in [4.78, 5) is 0. The predicted molar refractivity (Wildman–Crippen MR) is 66.9 cm³/mol. The normalized spacial score (nSPS) is 10.3. The molecule has 0 aliphatic carbocycles. The van der Waals surface area contributed by atoms with Crippen molar-refractivity contribution in [3.63, 3.8) is 0 Å². The van der Waals surface area contributed by atoms with E-state index in [1.807, 2.05) is 0 Å². The van der Waals surface area contributed by atoms with Gasteiger partial charge in [-0.3, -0.25) is 0 Å². The highest BCUT2D eigenvalue weighted by Crippen LogP contribution is 2.28. The van der Waals surface area contributed by atoms with Crippen molar-refractivity contribution in [2.45, 2.75) is 0 Å². The summed E-state index contributed by atoms with van der Waals surface area (Å²) in [6, 6.07) is 15.1. The summed E-state index contributed by atoms with van der Waals surface area (Å²) < 4.78 is 1.37. The molecule has 0 saturated carbocycles. The molecule has 3 aromatic rings. The minimum atomic E-state index is 0. The minimum Gasteiger partial charge on any atom is -0.144 e. The Kier molecular flexibility index (Phi) is 2.48. The Balaban J connectivity index is 0.000000750. The molecule has 0 aliphatic rings. The molecule has 0 spiro atoms. The SMILES string of the molecule is [S].c1ccc2c(c1)ccc1sccc12. The number of hydrogen-bond acceptors (Lipinski definition) is 1. The molecule has 0 unspecified atom stereocenters. The van der Waals surface area contributed by atoms with Gasteiger partial charge in [-0.05, 0) is 28.3 Å². The molecule has 2 heteroatoms. The third-order valence-corrected chi connectivity index (χ3v) is 3.24. The van der Waals surface area contributed by atoms with Gasteiger partial charge in [-0.25, -0.2) is 0 Å². The highest BCUT2D eigenvalue weighted by molar-refractivity contribution is 7.59. The van der Waals surface area contributed by atoms with Crippen molar-refractivity contribution in [1.82, 2.24) is 0 Å². The lowest BCUT2D eigenvalue weighted by Crippen LogP contribution is -1.70. The zero-order valence-corrected chi connectivity index (χ0v) is 9.07. The molecule has 68 valence electrons. The molecular weight excluding hydrogens is 208 g/mol. The van der Waals surface area contributed by atoms with Crippen LogP contribution in [0.15, 0.2) is 47.8 Å². The Hall–Kier alpha value is -0.990. The average molecular weight is 216 g/mol. The average Bonchev–Trinajstić information content (AvgIpc) is 2.65. The van der Waals surface area contributed by atoms with Crippen molar-refractivity contribution in [1.29, 1.82) is 0 Å². The topological polar surface area (TPSA) is 0 Å². The van der Waals surface area contributed by atoms with Crippen LogP contribution in [0.2, 0.25) is 0 Å². The first-order chi connectivity index (χ1) is 6.45. The zero-order chi connectivity index (χ0) is 8.67. The number of benzene rings is 2. The largest absolute Gasteiger partial charge is 0.144 e. The maximum Gasteiger partial charge on any atom is 0.0349 e. The first-order valence-electron chi connectivity index (χ1n) is 4.30.